The Kier molecular flexibility index (Phi) is 6.74. The van der Waals surface area contributed by atoms with Crippen LogP contribution in [0.3, 0.4) is 0 Å². The zero-order valence-electron chi connectivity index (χ0n) is 15.2. The summed E-state index contributed by atoms with van der Waals surface area (Å²) in [5, 5.41) is 9.17. The Labute approximate surface area is 160 Å². The number of carbonyl (C=O) groups is 1. The van der Waals surface area contributed by atoms with Gasteiger partial charge in [-0.15, -0.1) is 0 Å². The summed E-state index contributed by atoms with van der Waals surface area (Å²) in [6, 6.07) is 4.97. The number of aliphatic carboxylic acids is 1. The number of fused-ring (bicyclic) bond motifs is 2. The van der Waals surface area contributed by atoms with Crippen LogP contribution in [0.25, 0.3) is 0 Å². The molecular weight excluding hydrogens is 351 g/mol. The van der Waals surface area contributed by atoms with Crippen LogP contribution in [0, 0.1) is 29.5 Å². The highest BCUT2D eigenvalue weighted by Crippen LogP contribution is 2.54. The third-order valence-electron chi connectivity index (χ3n) is 6.28. The molecule has 4 atom stereocenters. The molecule has 2 fully saturated rings. The molecule has 0 spiro atoms. The maximum atomic E-state index is 13.9. The quantitative estimate of drug-likeness (QED) is 0.405. The monoisotopic (exact) mass is 378 g/mol. The van der Waals surface area contributed by atoms with Crippen molar-refractivity contribution in [3.63, 3.8) is 0 Å². The lowest BCUT2D eigenvalue weighted by Crippen LogP contribution is -2.21. The highest BCUT2D eigenvalue weighted by atomic mass is 35.5. The number of aryl methyl sites for hydroxylation is 1. The second kappa shape index (κ2) is 9.03. The maximum Gasteiger partial charge on any atom is 0.303 e. The van der Waals surface area contributed by atoms with E-state index < -0.39 is 5.97 Å². The number of unbranched alkanes of at least 4 members (excludes halogenated alkanes) is 1. The van der Waals surface area contributed by atoms with E-state index in [1.54, 1.807) is 12.1 Å². The molecule has 0 amide bonds. The first-order valence-electron chi connectivity index (χ1n) is 9.87. The molecule has 4 heteroatoms. The Balaban J connectivity index is 1.50. The lowest BCUT2D eigenvalue weighted by Gasteiger charge is -2.29. The van der Waals surface area contributed by atoms with Crippen LogP contribution >= 0.6 is 11.6 Å². The van der Waals surface area contributed by atoms with Gasteiger partial charge < -0.3 is 5.11 Å². The van der Waals surface area contributed by atoms with Crippen LogP contribution in [-0.4, -0.2) is 11.1 Å². The molecule has 26 heavy (non-hydrogen) atoms. The first-order valence-corrected chi connectivity index (χ1v) is 10.2. The van der Waals surface area contributed by atoms with Gasteiger partial charge in [0.1, 0.15) is 5.82 Å². The van der Waals surface area contributed by atoms with Crippen molar-refractivity contribution in [2.75, 3.05) is 0 Å². The van der Waals surface area contributed by atoms with Crippen LogP contribution in [0.5, 0.6) is 0 Å². The number of halogens is 2. The van der Waals surface area contributed by atoms with Gasteiger partial charge in [-0.3, -0.25) is 4.79 Å². The molecule has 0 saturated heterocycles. The second-order valence-corrected chi connectivity index (χ2v) is 8.35. The lowest BCUT2D eigenvalue weighted by atomic mass is 9.76. The Morgan fingerprint density at radius 2 is 2.08 bits per heavy atom. The topological polar surface area (TPSA) is 37.3 Å². The van der Waals surface area contributed by atoms with E-state index in [4.69, 9.17) is 16.7 Å². The number of carboxylic acids is 1. The second-order valence-electron chi connectivity index (χ2n) is 7.92. The molecule has 2 nitrogen and oxygen atoms in total. The van der Waals surface area contributed by atoms with E-state index in [1.807, 2.05) is 0 Å². The third-order valence-corrected chi connectivity index (χ3v) is 6.51. The molecule has 1 aromatic rings. The van der Waals surface area contributed by atoms with Gasteiger partial charge in [0.25, 0.3) is 0 Å². The summed E-state index contributed by atoms with van der Waals surface area (Å²) in [7, 11) is 0. The lowest BCUT2D eigenvalue weighted by molar-refractivity contribution is -0.137. The Hall–Kier alpha value is -1.35. The van der Waals surface area contributed by atoms with Gasteiger partial charge in [0, 0.05) is 11.4 Å². The SMILES string of the molecule is O=C(O)CCC/C=C\[C@H]1[C@H]2CC[C@H](C2)[C@@H]1CCCc1ccc(Cl)cc1F. The van der Waals surface area contributed by atoms with E-state index in [1.165, 1.54) is 25.3 Å². The zero-order valence-corrected chi connectivity index (χ0v) is 15.9. The molecule has 0 aromatic heterocycles. The minimum Gasteiger partial charge on any atom is -0.481 e. The van der Waals surface area contributed by atoms with Crippen LogP contribution in [0.1, 0.15) is 56.9 Å². The minimum absolute atomic E-state index is 0.194. The normalized spacial score (nSPS) is 27.5. The fourth-order valence-electron chi connectivity index (χ4n) is 5.06. The highest BCUT2D eigenvalue weighted by molar-refractivity contribution is 6.30. The summed E-state index contributed by atoms with van der Waals surface area (Å²) >= 11 is 5.82. The third kappa shape index (κ3) is 4.88. The maximum absolute atomic E-state index is 13.9. The van der Waals surface area contributed by atoms with E-state index in [2.05, 4.69) is 12.2 Å². The molecule has 0 aliphatic heterocycles. The van der Waals surface area contributed by atoms with Crippen LogP contribution < -0.4 is 0 Å². The van der Waals surface area contributed by atoms with Crippen molar-refractivity contribution < 1.29 is 14.3 Å². The fourth-order valence-corrected chi connectivity index (χ4v) is 5.22. The average molecular weight is 379 g/mol. The molecule has 0 heterocycles. The summed E-state index contributed by atoms with van der Waals surface area (Å²) in [6.45, 7) is 0. The minimum atomic E-state index is -0.717. The summed E-state index contributed by atoms with van der Waals surface area (Å²) in [4.78, 5) is 10.6. The van der Waals surface area contributed by atoms with Crippen molar-refractivity contribution in [2.45, 2.75) is 57.8 Å². The first-order chi connectivity index (χ1) is 12.5. The first kappa shape index (κ1) is 19.4. The van der Waals surface area contributed by atoms with Crippen LogP contribution in [-0.2, 0) is 11.2 Å². The van der Waals surface area contributed by atoms with Crippen LogP contribution in [0.2, 0.25) is 5.02 Å². The Bertz CT molecular complexity index is 658. The largest absolute Gasteiger partial charge is 0.481 e. The molecular formula is C22H28ClFO2. The Morgan fingerprint density at radius 3 is 2.85 bits per heavy atom. The van der Waals surface area contributed by atoms with Crippen LogP contribution in [0.4, 0.5) is 4.39 Å². The van der Waals surface area contributed by atoms with E-state index in [-0.39, 0.29) is 12.2 Å². The number of allylic oxidation sites excluding steroid dienone is 2. The van der Waals surface area contributed by atoms with E-state index >= 15 is 0 Å². The molecule has 2 aliphatic carbocycles. The van der Waals surface area contributed by atoms with Crippen molar-refractivity contribution in [1.29, 1.82) is 0 Å². The number of hydrogen-bond donors (Lipinski definition) is 1. The zero-order chi connectivity index (χ0) is 18.5. The van der Waals surface area contributed by atoms with Crippen molar-refractivity contribution in [1.82, 2.24) is 0 Å². The molecule has 1 N–H and O–H groups in total. The predicted octanol–water partition coefficient (Wildman–Crippen LogP) is 6.28. The Morgan fingerprint density at radius 1 is 1.27 bits per heavy atom. The summed E-state index contributed by atoms with van der Waals surface area (Å²) < 4.78 is 13.9. The molecule has 2 saturated carbocycles. The number of rotatable bonds is 9. The molecule has 0 radical (unpaired) electrons. The smallest absolute Gasteiger partial charge is 0.303 e. The van der Waals surface area contributed by atoms with Crippen molar-refractivity contribution >= 4 is 17.6 Å². The average Bonchev–Trinajstić information content (AvgIpc) is 3.18. The van der Waals surface area contributed by atoms with Gasteiger partial charge in [0.2, 0.25) is 0 Å². The van der Waals surface area contributed by atoms with E-state index in [0.717, 1.165) is 43.1 Å². The van der Waals surface area contributed by atoms with E-state index in [0.29, 0.717) is 23.3 Å². The van der Waals surface area contributed by atoms with Gasteiger partial charge in [-0.05, 0) is 92.7 Å². The van der Waals surface area contributed by atoms with Gasteiger partial charge in [-0.1, -0.05) is 29.8 Å². The van der Waals surface area contributed by atoms with Crippen LogP contribution in [0.15, 0.2) is 30.4 Å². The molecule has 0 unspecified atom stereocenters. The number of hydrogen-bond acceptors (Lipinski definition) is 1. The molecule has 2 bridgehead atoms. The predicted molar refractivity (Wildman–Crippen MR) is 103 cm³/mol. The highest BCUT2D eigenvalue weighted by Gasteiger charge is 2.45. The molecule has 1 aromatic carbocycles. The van der Waals surface area contributed by atoms with Crippen molar-refractivity contribution in [2.24, 2.45) is 23.7 Å². The van der Waals surface area contributed by atoms with Gasteiger partial charge >= 0.3 is 5.97 Å². The molecule has 3 rings (SSSR count). The van der Waals surface area contributed by atoms with E-state index in [9.17, 15) is 9.18 Å². The van der Waals surface area contributed by atoms with Gasteiger partial charge in [-0.2, -0.15) is 0 Å². The van der Waals surface area contributed by atoms with Crippen molar-refractivity contribution in [3.8, 4) is 0 Å². The number of benzene rings is 1. The van der Waals surface area contributed by atoms with Crippen molar-refractivity contribution in [3.05, 3.63) is 46.8 Å². The van der Waals surface area contributed by atoms with Gasteiger partial charge in [-0.25, -0.2) is 4.39 Å². The van der Waals surface area contributed by atoms with Gasteiger partial charge in [0.05, 0.1) is 0 Å². The molecule has 2 aliphatic rings. The summed E-state index contributed by atoms with van der Waals surface area (Å²) in [5.74, 6) is 2.05. The molecule has 142 valence electrons. The summed E-state index contributed by atoms with van der Waals surface area (Å²) in [6.07, 6.45) is 13.3. The van der Waals surface area contributed by atoms with Gasteiger partial charge in [0.15, 0.2) is 0 Å². The fraction of sp³-hybridized carbons (Fsp3) is 0.591. The summed E-state index contributed by atoms with van der Waals surface area (Å²) in [5.41, 5.74) is 0.762. The standard InChI is InChI=1S/C22H28ClFO2/c23-18-12-11-15(21(24)14-18)5-4-7-20-17-10-9-16(13-17)19(20)6-2-1-3-8-22(25)26/h2,6,11-12,14,16-17,19-20H,1,3-5,7-10,13H2,(H,25,26)/b6-2-/t16-,17+,19-,20-/m0/s1. The number of carboxylic acid groups (broad SMARTS) is 1.